The number of benzene rings is 2. The van der Waals surface area contributed by atoms with Crippen molar-refractivity contribution in [3.05, 3.63) is 77.9 Å². The molecule has 0 fully saturated rings. The van der Waals surface area contributed by atoms with Crippen LogP contribution in [-0.2, 0) is 4.79 Å². The average molecular weight is 249 g/mol. The van der Waals surface area contributed by atoms with Crippen molar-refractivity contribution >= 4 is 11.5 Å². The van der Waals surface area contributed by atoms with E-state index in [0.717, 1.165) is 16.8 Å². The highest BCUT2D eigenvalue weighted by atomic mass is 16.1. The lowest BCUT2D eigenvalue weighted by Gasteiger charge is -2.25. The van der Waals surface area contributed by atoms with Crippen LogP contribution in [0.3, 0.4) is 0 Å². The highest BCUT2D eigenvalue weighted by Crippen LogP contribution is 2.26. The van der Waals surface area contributed by atoms with Crippen LogP contribution in [0.1, 0.15) is 23.6 Å². The molecule has 0 saturated carbocycles. The minimum absolute atomic E-state index is 0.0638. The molecule has 2 aromatic carbocycles. The van der Waals surface area contributed by atoms with Crippen LogP contribution in [0.4, 0.5) is 0 Å². The van der Waals surface area contributed by atoms with Gasteiger partial charge in [-0.05, 0) is 11.1 Å². The van der Waals surface area contributed by atoms with Crippen LogP contribution in [0.15, 0.2) is 66.7 Å². The standard InChI is InChI=1S/C17H15NO/c19-15-11-16(13-7-3-1-4-8-13)18-17(12-15)14-9-5-2-6-10-14/h1-11,17-18H,12H2/t17-/m0/s1. The molecule has 0 unspecified atom stereocenters. The highest BCUT2D eigenvalue weighted by Gasteiger charge is 2.21. The molecule has 0 aliphatic carbocycles. The van der Waals surface area contributed by atoms with Gasteiger partial charge in [0.1, 0.15) is 0 Å². The van der Waals surface area contributed by atoms with Crippen molar-refractivity contribution in [3.8, 4) is 0 Å². The zero-order valence-electron chi connectivity index (χ0n) is 10.5. The zero-order chi connectivity index (χ0) is 13.1. The molecule has 0 amide bonds. The topological polar surface area (TPSA) is 29.1 Å². The van der Waals surface area contributed by atoms with Crippen LogP contribution >= 0.6 is 0 Å². The Kier molecular flexibility index (Phi) is 3.15. The smallest absolute Gasteiger partial charge is 0.160 e. The third-order valence-corrected chi connectivity index (χ3v) is 3.33. The number of hydrogen-bond acceptors (Lipinski definition) is 2. The zero-order valence-corrected chi connectivity index (χ0v) is 10.5. The Morgan fingerprint density at radius 1 is 0.895 bits per heavy atom. The normalized spacial score (nSPS) is 18.6. The first-order valence-electron chi connectivity index (χ1n) is 6.44. The molecule has 2 heteroatoms. The third kappa shape index (κ3) is 2.58. The van der Waals surface area contributed by atoms with Gasteiger partial charge in [0.25, 0.3) is 0 Å². The lowest BCUT2D eigenvalue weighted by molar-refractivity contribution is -0.115. The van der Waals surface area contributed by atoms with Crippen LogP contribution in [-0.4, -0.2) is 5.78 Å². The summed E-state index contributed by atoms with van der Waals surface area (Å²) in [5, 5.41) is 3.46. The Balaban J connectivity index is 1.90. The molecule has 0 saturated heterocycles. The van der Waals surface area contributed by atoms with Crippen molar-refractivity contribution in [1.29, 1.82) is 0 Å². The first-order chi connectivity index (χ1) is 9.33. The molecule has 94 valence electrons. The number of ketones is 1. The quantitative estimate of drug-likeness (QED) is 0.884. The summed E-state index contributed by atoms with van der Waals surface area (Å²) in [6.07, 6.45) is 2.22. The van der Waals surface area contributed by atoms with Gasteiger partial charge in [-0.1, -0.05) is 60.7 Å². The minimum atomic E-state index is 0.0638. The SMILES string of the molecule is O=C1C=C(c2ccccc2)N[C@H](c2ccccc2)C1. The molecule has 19 heavy (non-hydrogen) atoms. The molecule has 0 radical (unpaired) electrons. The van der Waals surface area contributed by atoms with Gasteiger partial charge < -0.3 is 5.32 Å². The number of carbonyl (C=O) groups is 1. The van der Waals surface area contributed by atoms with Gasteiger partial charge in [-0.3, -0.25) is 4.79 Å². The predicted octanol–water partition coefficient (Wildman–Crippen LogP) is 3.33. The van der Waals surface area contributed by atoms with E-state index < -0.39 is 0 Å². The van der Waals surface area contributed by atoms with Gasteiger partial charge in [0.05, 0.1) is 6.04 Å². The van der Waals surface area contributed by atoms with Gasteiger partial charge in [0.15, 0.2) is 5.78 Å². The van der Waals surface area contributed by atoms with Crippen molar-refractivity contribution in [1.82, 2.24) is 5.32 Å². The van der Waals surface area contributed by atoms with E-state index in [1.54, 1.807) is 6.08 Å². The second kappa shape index (κ2) is 5.11. The maximum Gasteiger partial charge on any atom is 0.160 e. The lowest BCUT2D eigenvalue weighted by Crippen LogP contribution is -2.27. The Morgan fingerprint density at radius 3 is 2.21 bits per heavy atom. The number of allylic oxidation sites excluding steroid dienone is 1. The molecule has 1 aliphatic rings. The average Bonchev–Trinajstić information content (AvgIpc) is 2.48. The number of hydrogen-bond donors (Lipinski definition) is 1. The van der Waals surface area contributed by atoms with Crippen molar-refractivity contribution in [2.75, 3.05) is 0 Å². The fraction of sp³-hybridized carbons (Fsp3) is 0.118. The summed E-state index contributed by atoms with van der Waals surface area (Å²) in [6, 6.07) is 20.1. The summed E-state index contributed by atoms with van der Waals surface area (Å²) < 4.78 is 0. The van der Waals surface area contributed by atoms with E-state index in [2.05, 4.69) is 17.4 Å². The van der Waals surface area contributed by atoms with E-state index in [0.29, 0.717) is 6.42 Å². The van der Waals surface area contributed by atoms with Crippen molar-refractivity contribution in [2.24, 2.45) is 0 Å². The summed E-state index contributed by atoms with van der Waals surface area (Å²) in [7, 11) is 0. The largest absolute Gasteiger partial charge is 0.377 e. The first kappa shape index (κ1) is 11.7. The molecule has 1 aliphatic heterocycles. The summed E-state index contributed by atoms with van der Waals surface area (Å²) in [5.74, 6) is 0.173. The van der Waals surface area contributed by atoms with Gasteiger partial charge in [-0.2, -0.15) is 0 Å². The molecule has 1 atom stereocenters. The number of nitrogens with one attached hydrogen (secondary N) is 1. The molecule has 0 bridgehead atoms. The van der Waals surface area contributed by atoms with Crippen LogP contribution in [0.5, 0.6) is 0 Å². The molecule has 3 rings (SSSR count). The van der Waals surface area contributed by atoms with Gasteiger partial charge in [-0.15, -0.1) is 0 Å². The van der Waals surface area contributed by atoms with Crippen molar-refractivity contribution < 1.29 is 4.79 Å². The van der Waals surface area contributed by atoms with Crippen molar-refractivity contribution in [2.45, 2.75) is 12.5 Å². The van der Waals surface area contributed by atoms with Gasteiger partial charge in [-0.25, -0.2) is 0 Å². The number of rotatable bonds is 2. The third-order valence-electron chi connectivity index (χ3n) is 3.33. The summed E-state index contributed by atoms with van der Waals surface area (Å²) in [4.78, 5) is 11.9. The lowest BCUT2D eigenvalue weighted by atomic mass is 9.95. The highest BCUT2D eigenvalue weighted by molar-refractivity contribution is 5.98. The molecule has 1 N–H and O–H groups in total. The Bertz CT molecular complexity index is 602. The number of carbonyl (C=O) groups excluding carboxylic acids is 1. The fourth-order valence-corrected chi connectivity index (χ4v) is 2.37. The van der Waals surface area contributed by atoms with Crippen molar-refractivity contribution in [3.63, 3.8) is 0 Å². The summed E-state index contributed by atoms with van der Waals surface area (Å²) in [5.41, 5.74) is 3.11. The molecular weight excluding hydrogens is 234 g/mol. The van der Waals surface area contributed by atoms with E-state index in [4.69, 9.17) is 0 Å². The van der Waals surface area contributed by atoms with E-state index in [1.807, 2.05) is 48.5 Å². The Hall–Kier alpha value is -2.35. The van der Waals surface area contributed by atoms with E-state index >= 15 is 0 Å². The molecule has 2 nitrogen and oxygen atoms in total. The summed E-state index contributed by atoms with van der Waals surface area (Å²) in [6.45, 7) is 0. The predicted molar refractivity (Wildman–Crippen MR) is 76.4 cm³/mol. The first-order valence-corrected chi connectivity index (χ1v) is 6.44. The van der Waals surface area contributed by atoms with Crippen LogP contribution < -0.4 is 5.32 Å². The molecule has 1 heterocycles. The van der Waals surface area contributed by atoms with Crippen LogP contribution in [0.25, 0.3) is 5.70 Å². The van der Waals surface area contributed by atoms with Gasteiger partial charge >= 0.3 is 0 Å². The molecule has 0 spiro atoms. The van der Waals surface area contributed by atoms with E-state index in [-0.39, 0.29) is 11.8 Å². The molecule has 2 aromatic rings. The maximum atomic E-state index is 11.9. The van der Waals surface area contributed by atoms with Gasteiger partial charge in [0, 0.05) is 18.2 Å². The van der Waals surface area contributed by atoms with Crippen LogP contribution in [0.2, 0.25) is 0 Å². The Morgan fingerprint density at radius 2 is 1.53 bits per heavy atom. The second-order valence-electron chi connectivity index (χ2n) is 4.70. The van der Waals surface area contributed by atoms with Crippen LogP contribution in [0, 0.1) is 0 Å². The molecule has 0 aromatic heterocycles. The second-order valence-corrected chi connectivity index (χ2v) is 4.70. The van der Waals surface area contributed by atoms with E-state index in [9.17, 15) is 4.79 Å². The monoisotopic (exact) mass is 249 g/mol. The fourth-order valence-electron chi connectivity index (χ4n) is 2.37. The minimum Gasteiger partial charge on any atom is -0.377 e. The maximum absolute atomic E-state index is 11.9. The Labute approximate surface area is 112 Å². The summed E-state index contributed by atoms with van der Waals surface area (Å²) >= 11 is 0. The molecular formula is C17H15NO. The van der Waals surface area contributed by atoms with Gasteiger partial charge in [0.2, 0.25) is 0 Å². The van der Waals surface area contributed by atoms with E-state index in [1.165, 1.54) is 0 Å².